The summed E-state index contributed by atoms with van der Waals surface area (Å²) in [5, 5.41) is 0. The molecule has 2 rings (SSSR count). The van der Waals surface area contributed by atoms with Crippen LogP contribution < -0.4 is 0 Å². The maximum Gasteiger partial charge on any atom is 0.197 e. The van der Waals surface area contributed by atoms with E-state index in [1.54, 1.807) is 7.11 Å². The number of benzene rings is 1. The Labute approximate surface area is 89.1 Å². The van der Waals surface area contributed by atoms with Crippen molar-refractivity contribution in [1.82, 2.24) is 4.98 Å². The zero-order valence-corrected chi connectivity index (χ0v) is 9.33. The van der Waals surface area contributed by atoms with Crippen molar-refractivity contribution < 1.29 is 9.15 Å². The number of aryl methyl sites for hydroxylation is 2. The molecule has 0 unspecified atom stereocenters. The van der Waals surface area contributed by atoms with Crippen molar-refractivity contribution in [3.63, 3.8) is 0 Å². The van der Waals surface area contributed by atoms with E-state index in [1.807, 2.05) is 13.8 Å². The molecule has 0 aliphatic heterocycles. The Hall–Kier alpha value is -1.35. The number of hydrogen-bond acceptors (Lipinski definition) is 3. The van der Waals surface area contributed by atoms with Crippen molar-refractivity contribution in [2.45, 2.75) is 20.3 Å². The number of oxazole rings is 1. The molecule has 0 bridgehead atoms. The van der Waals surface area contributed by atoms with Crippen LogP contribution >= 0.6 is 0 Å². The van der Waals surface area contributed by atoms with Crippen molar-refractivity contribution in [2.75, 3.05) is 13.7 Å². The Morgan fingerprint density at radius 2 is 2.00 bits per heavy atom. The van der Waals surface area contributed by atoms with Crippen molar-refractivity contribution in [3.05, 3.63) is 29.2 Å². The molecule has 2 aromatic rings. The summed E-state index contributed by atoms with van der Waals surface area (Å²) < 4.78 is 10.7. The monoisotopic (exact) mass is 205 g/mol. The number of rotatable bonds is 3. The minimum Gasteiger partial charge on any atom is -0.440 e. The number of ether oxygens (including phenoxy) is 1. The molecule has 0 saturated heterocycles. The maximum atomic E-state index is 5.69. The summed E-state index contributed by atoms with van der Waals surface area (Å²) in [5.74, 6) is 0.754. The van der Waals surface area contributed by atoms with Crippen molar-refractivity contribution in [3.8, 4) is 0 Å². The van der Waals surface area contributed by atoms with Gasteiger partial charge in [0.15, 0.2) is 11.5 Å². The van der Waals surface area contributed by atoms with Crippen LogP contribution in [-0.2, 0) is 11.2 Å². The number of methoxy groups -OCH3 is 1. The van der Waals surface area contributed by atoms with Crippen LogP contribution in [-0.4, -0.2) is 18.7 Å². The molecule has 0 aliphatic carbocycles. The number of nitrogens with zero attached hydrogens (tertiary/aromatic N) is 1. The van der Waals surface area contributed by atoms with Crippen molar-refractivity contribution in [1.29, 1.82) is 0 Å². The lowest BCUT2D eigenvalue weighted by atomic mass is 10.1. The largest absolute Gasteiger partial charge is 0.440 e. The topological polar surface area (TPSA) is 35.3 Å². The highest BCUT2D eigenvalue weighted by Gasteiger charge is 2.09. The lowest BCUT2D eigenvalue weighted by Crippen LogP contribution is -1.93. The predicted molar refractivity (Wildman–Crippen MR) is 59.1 cm³/mol. The second kappa shape index (κ2) is 4.03. The average molecular weight is 205 g/mol. The molecule has 0 aliphatic rings. The summed E-state index contributed by atoms with van der Waals surface area (Å²) in [6.07, 6.45) is 0.726. The normalized spacial score (nSPS) is 11.1. The van der Waals surface area contributed by atoms with Gasteiger partial charge in [0.2, 0.25) is 0 Å². The molecule has 0 amide bonds. The van der Waals surface area contributed by atoms with Crippen LogP contribution in [0.2, 0.25) is 0 Å². The van der Waals surface area contributed by atoms with Crippen LogP contribution in [0.25, 0.3) is 11.1 Å². The zero-order chi connectivity index (χ0) is 10.8. The maximum absolute atomic E-state index is 5.69. The Balaban J connectivity index is 2.45. The van der Waals surface area contributed by atoms with Gasteiger partial charge in [0.25, 0.3) is 0 Å². The van der Waals surface area contributed by atoms with E-state index in [9.17, 15) is 0 Å². The van der Waals surface area contributed by atoms with E-state index in [0.29, 0.717) is 6.61 Å². The van der Waals surface area contributed by atoms with Crippen LogP contribution in [0.4, 0.5) is 0 Å². The molecule has 0 radical (unpaired) electrons. The second-order valence-electron chi connectivity index (χ2n) is 3.73. The Kier molecular flexibility index (Phi) is 2.73. The highest BCUT2D eigenvalue weighted by atomic mass is 16.5. The first-order chi connectivity index (χ1) is 7.22. The Morgan fingerprint density at radius 1 is 1.27 bits per heavy atom. The Morgan fingerprint density at radius 3 is 2.67 bits per heavy atom. The molecule has 0 fully saturated rings. The first-order valence-corrected chi connectivity index (χ1v) is 5.07. The van der Waals surface area contributed by atoms with Crippen LogP contribution in [0, 0.1) is 13.8 Å². The highest BCUT2D eigenvalue weighted by molar-refractivity contribution is 5.79. The van der Waals surface area contributed by atoms with Crippen LogP contribution in [0.15, 0.2) is 16.5 Å². The SMILES string of the molecule is COCCc1nc2c(C)ccc(C)c2o1. The molecule has 3 nitrogen and oxygen atoms in total. The zero-order valence-electron chi connectivity index (χ0n) is 9.33. The molecule has 1 aromatic carbocycles. The van der Waals surface area contributed by atoms with E-state index >= 15 is 0 Å². The molecule has 1 heterocycles. The van der Waals surface area contributed by atoms with Crippen molar-refractivity contribution >= 4 is 11.1 Å². The minimum atomic E-state index is 0.644. The molecule has 0 N–H and O–H groups in total. The molecule has 1 aromatic heterocycles. The Bertz CT molecular complexity index is 435. The fourth-order valence-electron chi connectivity index (χ4n) is 1.60. The fraction of sp³-hybridized carbons (Fsp3) is 0.417. The second-order valence-corrected chi connectivity index (χ2v) is 3.73. The highest BCUT2D eigenvalue weighted by Crippen LogP contribution is 2.22. The average Bonchev–Trinajstić information content (AvgIpc) is 2.66. The van der Waals surface area contributed by atoms with Gasteiger partial charge in [0.05, 0.1) is 6.61 Å². The van der Waals surface area contributed by atoms with Gasteiger partial charge in [-0.25, -0.2) is 4.98 Å². The van der Waals surface area contributed by atoms with E-state index < -0.39 is 0 Å². The van der Waals surface area contributed by atoms with Crippen molar-refractivity contribution in [2.24, 2.45) is 0 Å². The third-order valence-electron chi connectivity index (χ3n) is 2.51. The number of aromatic nitrogens is 1. The quantitative estimate of drug-likeness (QED) is 0.772. The summed E-state index contributed by atoms with van der Waals surface area (Å²) in [6.45, 7) is 4.72. The van der Waals surface area contributed by atoms with E-state index in [4.69, 9.17) is 9.15 Å². The van der Waals surface area contributed by atoms with Gasteiger partial charge in [-0.15, -0.1) is 0 Å². The summed E-state index contributed by atoms with van der Waals surface area (Å²) in [4.78, 5) is 4.46. The smallest absolute Gasteiger partial charge is 0.197 e. The minimum absolute atomic E-state index is 0.644. The van der Waals surface area contributed by atoms with Gasteiger partial charge in [-0.3, -0.25) is 0 Å². The van der Waals surface area contributed by atoms with Gasteiger partial charge in [0, 0.05) is 13.5 Å². The number of hydrogen-bond donors (Lipinski definition) is 0. The molecule has 0 saturated carbocycles. The lowest BCUT2D eigenvalue weighted by molar-refractivity contribution is 0.196. The molecule has 15 heavy (non-hydrogen) atoms. The number of fused-ring (bicyclic) bond motifs is 1. The first-order valence-electron chi connectivity index (χ1n) is 5.07. The molecule has 0 atom stereocenters. The first kappa shape index (κ1) is 10.2. The molecule has 80 valence electrons. The summed E-state index contributed by atoms with van der Waals surface area (Å²) in [7, 11) is 1.68. The lowest BCUT2D eigenvalue weighted by Gasteiger charge is -1.95. The molecule has 3 heteroatoms. The van der Waals surface area contributed by atoms with Gasteiger partial charge in [0.1, 0.15) is 5.52 Å². The van der Waals surface area contributed by atoms with Gasteiger partial charge in [-0.2, -0.15) is 0 Å². The molecular formula is C12H15NO2. The summed E-state index contributed by atoms with van der Waals surface area (Å²) in [5.41, 5.74) is 4.16. The van der Waals surface area contributed by atoms with E-state index in [2.05, 4.69) is 17.1 Å². The third-order valence-corrected chi connectivity index (χ3v) is 2.51. The third kappa shape index (κ3) is 1.88. The van der Waals surface area contributed by atoms with E-state index in [-0.39, 0.29) is 0 Å². The fourth-order valence-corrected chi connectivity index (χ4v) is 1.60. The van der Waals surface area contributed by atoms with E-state index in [0.717, 1.165) is 34.5 Å². The van der Waals surface area contributed by atoms with E-state index in [1.165, 1.54) is 0 Å². The molecule has 0 spiro atoms. The van der Waals surface area contributed by atoms with Crippen LogP contribution in [0.5, 0.6) is 0 Å². The van der Waals surface area contributed by atoms with Gasteiger partial charge in [-0.1, -0.05) is 12.1 Å². The van der Waals surface area contributed by atoms with Crippen LogP contribution in [0.1, 0.15) is 17.0 Å². The van der Waals surface area contributed by atoms with Gasteiger partial charge < -0.3 is 9.15 Å². The predicted octanol–water partition coefficient (Wildman–Crippen LogP) is 2.63. The van der Waals surface area contributed by atoms with Gasteiger partial charge >= 0.3 is 0 Å². The van der Waals surface area contributed by atoms with Gasteiger partial charge in [-0.05, 0) is 25.0 Å². The molecular weight excluding hydrogens is 190 g/mol. The van der Waals surface area contributed by atoms with Crippen LogP contribution in [0.3, 0.4) is 0 Å². The standard InChI is InChI=1S/C12H15NO2/c1-8-4-5-9(2)12-11(8)13-10(15-12)6-7-14-3/h4-5H,6-7H2,1-3H3. The summed E-state index contributed by atoms with van der Waals surface area (Å²) >= 11 is 0. The summed E-state index contributed by atoms with van der Waals surface area (Å²) in [6, 6.07) is 4.13.